The van der Waals surface area contributed by atoms with Crippen molar-refractivity contribution in [1.82, 2.24) is 24.6 Å². The number of nitrogens with zero attached hydrogens (tertiary/aromatic N) is 5. The van der Waals surface area contributed by atoms with Gasteiger partial charge in [-0.3, -0.25) is 19.8 Å². The summed E-state index contributed by atoms with van der Waals surface area (Å²) in [6.45, 7) is 6.93. The maximum absolute atomic E-state index is 16.0. The molecule has 0 aliphatic carbocycles. The molecule has 4 heterocycles. The molecule has 1 atom stereocenters. The third kappa shape index (κ3) is 6.13. The van der Waals surface area contributed by atoms with Gasteiger partial charge in [0.05, 0.1) is 24.5 Å². The zero-order valence-corrected chi connectivity index (χ0v) is 24.9. The Hall–Kier alpha value is -4.62. The summed E-state index contributed by atoms with van der Waals surface area (Å²) in [5, 5.41) is 22.5. The van der Waals surface area contributed by atoms with E-state index in [0.29, 0.717) is 33.7 Å². The van der Waals surface area contributed by atoms with E-state index < -0.39 is 23.1 Å². The molecule has 4 aromatic rings. The van der Waals surface area contributed by atoms with Crippen LogP contribution in [0.25, 0.3) is 21.9 Å². The molecular weight excluding hydrogens is 557 g/mol. The van der Waals surface area contributed by atoms with Crippen molar-refractivity contribution < 1.29 is 28.6 Å². The number of aliphatic hydroxyl groups is 1. The van der Waals surface area contributed by atoms with Crippen LogP contribution in [-0.2, 0) is 26.4 Å². The Kier molecular flexibility index (Phi) is 7.80. The van der Waals surface area contributed by atoms with Gasteiger partial charge >= 0.3 is 6.09 Å². The highest BCUT2D eigenvalue weighted by Crippen LogP contribution is 2.37. The molecule has 226 valence electrons. The Labute approximate surface area is 247 Å². The second kappa shape index (κ2) is 11.2. The van der Waals surface area contributed by atoms with Crippen molar-refractivity contribution in [2.45, 2.75) is 45.4 Å². The van der Waals surface area contributed by atoms with Gasteiger partial charge in [-0.1, -0.05) is 0 Å². The van der Waals surface area contributed by atoms with Crippen LogP contribution in [0.5, 0.6) is 0 Å². The van der Waals surface area contributed by atoms with Crippen molar-refractivity contribution in [2.75, 3.05) is 37.9 Å². The summed E-state index contributed by atoms with van der Waals surface area (Å²) in [5.74, 6) is -0.159. The van der Waals surface area contributed by atoms with Gasteiger partial charge in [0.25, 0.3) is 0 Å². The van der Waals surface area contributed by atoms with Crippen LogP contribution in [0.4, 0.5) is 26.5 Å². The second-order valence-corrected chi connectivity index (χ2v) is 11.6. The van der Waals surface area contributed by atoms with Crippen molar-refractivity contribution >= 4 is 40.1 Å². The van der Waals surface area contributed by atoms with Crippen molar-refractivity contribution in [1.29, 1.82) is 0 Å². The SMILES string of the molecule is COCC1(O)CN(C)C(=O)Cn2nc(Nc3cc4cc(-c5cnccc5C)c(F)c(NC(=O)OC(C)(C)C)c4cn3)cc21. The number of aromatic nitrogens is 4. The number of nitrogens with one attached hydrogen (secondary N) is 2. The molecule has 3 N–H and O–H groups in total. The standard InChI is InChI=1S/C30H34FN7O5/c1-17-7-8-32-12-20(17)19-9-18-10-23(33-13-21(18)27(26(19)31)35-28(40)43-29(2,3)4)34-24-11-22-30(41,16-42-6)15-37(5)25(39)14-38(22)36-24/h7-13,41H,14-16H2,1-6H3,(H,35,40)(H,33,34,36). The highest BCUT2D eigenvalue weighted by atomic mass is 19.1. The molecular formula is C30H34FN7O5. The normalized spacial score (nSPS) is 17.0. The molecule has 1 aromatic carbocycles. The number of carbonyl (C=O) groups excluding carboxylic acids is 2. The maximum Gasteiger partial charge on any atom is 0.412 e. The number of halogens is 1. The van der Waals surface area contributed by atoms with Crippen molar-refractivity contribution in [3.05, 3.63) is 59.9 Å². The van der Waals surface area contributed by atoms with E-state index in [2.05, 4.69) is 25.7 Å². The van der Waals surface area contributed by atoms with Crippen LogP contribution < -0.4 is 10.6 Å². The van der Waals surface area contributed by atoms with Crippen LogP contribution in [0.3, 0.4) is 0 Å². The highest BCUT2D eigenvalue weighted by Gasteiger charge is 2.39. The molecule has 43 heavy (non-hydrogen) atoms. The van der Waals surface area contributed by atoms with E-state index in [1.165, 1.54) is 22.9 Å². The maximum atomic E-state index is 16.0. The summed E-state index contributed by atoms with van der Waals surface area (Å²) in [6.07, 6.45) is 3.82. The number of rotatable bonds is 6. The summed E-state index contributed by atoms with van der Waals surface area (Å²) < 4.78 is 28.1. The highest BCUT2D eigenvalue weighted by molar-refractivity contribution is 6.03. The molecule has 1 aliphatic rings. The Balaban J connectivity index is 1.57. The van der Waals surface area contributed by atoms with Gasteiger partial charge < -0.3 is 24.8 Å². The van der Waals surface area contributed by atoms with Crippen LogP contribution in [0.1, 0.15) is 32.0 Å². The first-order chi connectivity index (χ1) is 20.3. The third-order valence-electron chi connectivity index (χ3n) is 7.02. The van der Waals surface area contributed by atoms with Gasteiger partial charge in [-0.15, -0.1) is 0 Å². The molecule has 0 saturated carbocycles. The molecule has 3 aromatic heterocycles. The van der Waals surface area contributed by atoms with Crippen molar-refractivity contribution in [2.24, 2.45) is 0 Å². The number of carbonyl (C=O) groups is 2. The summed E-state index contributed by atoms with van der Waals surface area (Å²) in [7, 11) is 3.09. The number of aryl methyl sites for hydroxylation is 1. The third-order valence-corrected chi connectivity index (χ3v) is 7.02. The van der Waals surface area contributed by atoms with Crippen molar-refractivity contribution in [3.63, 3.8) is 0 Å². The molecule has 2 amide bonds. The van der Waals surface area contributed by atoms with E-state index in [1.54, 1.807) is 64.5 Å². The van der Waals surface area contributed by atoms with Gasteiger partial charge in [-0.05, 0) is 56.8 Å². The van der Waals surface area contributed by atoms with Gasteiger partial charge in [0.15, 0.2) is 11.6 Å². The van der Waals surface area contributed by atoms with E-state index in [9.17, 15) is 14.7 Å². The Morgan fingerprint density at radius 2 is 1.95 bits per heavy atom. The number of ether oxygens (including phenoxy) is 2. The monoisotopic (exact) mass is 591 g/mol. The number of amides is 2. The number of anilines is 3. The number of benzene rings is 1. The zero-order valence-electron chi connectivity index (χ0n) is 24.9. The quantitative estimate of drug-likeness (QED) is 0.298. The van der Waals surface area contributed by atoms with Gasteiger partial charge in [0.1, 0.15) is 23.6 Å². The summed E-state index contributed by atoms with van der Waals surface area (Å²) in [5.41, 5.74) is -0.336. The van der Waals surface area contributed by atoms with Crippen LogP contribution in [0.15, 0.2) is 42.9 Å². The lowest BCUT2D eigenvalue weighted by Crippen LogP contribution is -2.43. The first-order valence-corrected chi connectivity index (χ1v) is 13.6. The minimum absolute atomic E-state index is 0.0363. The summed E-state index contributed by atoms with van der Waals surface area (Å²) >= 11 is 0. The molecule has 0 radical (unpaired) electrons. The van der Waals surface area contributed by atoms with E-state index in [1.807, 2.05) is 6.92 Å². The fourth-order valence-corrected chi connectivity index (χ4v) is 5.08. The molecule has 0 saturated heterocycles. The van der Waals surface area contributed by atoms with E-state index >= 15 is 4.39 Å². The molecule has 12 nitrogen and oxygen atoms in total. The summed E-state index contributed by atoms with van der Waals surface area (Å²) in [6, 6.07) is 6.77. The second-order valence-electron chi connectivity index (χ2n) is 11.6. The number of β-amino-alcohol motifs (C(OH)–C–C–N with tert-alkyl or cyclic N) is 1. The molecule has 13 heteroatoms. The van der Waals surface area contributed by atoms with Crippen LogP contribution in [-0.4, -0.2) is 74.7 Å². The van der Waals surface area contributed by atoms with Gasteiger partial charge in [0, 0.05) is 55.3 Å². The largest absolute Gasteiger partial charge is 0.444 e. The van der Waals surface area contributed by atoms with Gasteiger partial charge in [0.2, 0.25) is 5.91 Å². The lowest BCUT2D eigenvalue weighted by atomic mass is 9.98. The zero-order chi connectivity index (χ0) is 31.1. The van der Waals surface area contributed by atoms with E-state index in [4.69, 9.17) is 9.47 Å². The fraction of sp³-hybridized carbons (Fsp3) is 0.367. The number of likely N-dealkylation sites (N-methyl/N-ethyl adjacent to an activating group) is 1. The lowest BCUT2D eigenvalue weighted by Gasteiger charge is -2.28. The fourth-order valence-electron chi connectivity index (χ4n) is 5.08. The summed E-state index contributed by atoms with van der Waals surface area (Å²) in [4.78, 5) is 35.3. The molecule has 0 fully saturated rings. The van der Waals surface area contributed by atoms with E-state index in [-0.39, 0.29) is 36.9 Å². The van der Waals surface area contributed by atoms with Crippen LogP contribution in [0, 0.1) is 12.7 Å². The topological polar surface area (TPSA) is 144 Å². The van der Waals surface area contributed by atoms with Gasteiger partial charge in [-0.25, -0.2) is 14.2 Å². The molecule has 0 bridgehead atoms. The number of hydrogen-bond acceptors (Lipinski definition) is 9. The number of fused-ring (bicyclic) bond motifs is 2. The molecule has 0 spiro atoms. The Morgan fingerprint density at radius 3 is 2.65 bits per heavy atom. The average Bonchev–Trinajstić information content (AvgIpc) is 3.29. The molecule has 1 aliphatic heterocycles. The Morgan fingerprint density at radius 1 is 1.19 bits per heavy atom. The number of methoxy groups -OCH3 is 1. The predicted molar refractivity (Wildman–Crippen MR) is 158 cm³/mol. The van der Waals surface area contributed by atoms with Gasteiger partial charge in [-0.2, -0.15) is 5.10 Å². The van der Waals surface area contributed by atoms with Crippen molar-refractivity contribution in [3.8, 4) is 11.1 Å². The lowest BCUT2D eigenvalue weighted by molar-refractivity contribution is -0.133. The number of hydrogen-bond donors (Lipinski definition) is 3. The van der Waals surface area contributed by atoms with E-state index in [0.717, 1.165) is 5.56 Å². The predicted octanol–water partition coefficient (Wildman–Crippen LogP) is 4.34. The molecule has 5 rings (SSSR count). The first kappa shape index (κ1) is 29.9. The van der Waals surface area contributed by atoms with Crippen LogP contribution in [0.2, 0.25) is 0 Å². The number of pyridine rings is 2. The first-order valence-electron chi connectivity index (χ1n) is 13.6. The minimum Gasteiger partial charge on any atom is -0.444 e. The Bertz CT molecular complexity index is 1720. The minimum atomic E-state index is -1.48. The smallest absolute Gasteiger partial charge is 0.412 e. The molecule has 1 unspecified atom stereocenters. The van der Waals surface area contributed by atoms with Crippen LogP contribution >= 0.6 is 0 Å². The average molecular weight is 592 g/mol.